The fourth-order valence-electron chi connectivity index (χ4n) is 3.93. The van der Waals surface area contributed by atoms with E-state index in [9.17, 15) is 4.79 Å². The van der Waals surface area contributed by atoms with Crippen LogP contribution in [0.25, 0.3) is 11.3 Å². The van der Waals surface area contributed by atoms with Crippen molar-refractivity contribution in [1.29, 1.82) is 0 Å². The number of rotatable bonds is 7. The lowest BCUT2D eigenvalue weighted by Gasteiger charge is -2.37. The number of hydrogen-bond acceptors (Lipinski definition) is 5. The van der Waals surface area contributed by atoms with Crippen LogP contribution < -0.4 is 4.74 Å². The van der Waals surface area contributed by atoms with E-state index in [0.29, 0.717) is 6.42 Å². The van der Waals surface area contributed by atoms with Gasteiger partial charge in [0.1, 0.15) is 5.75 Å². The van der Waals surface area contributed by atoms with Crippen LogP contribution in [0.4, 0.5) is 0 Å². The average molecular weight is 420 g/mol. The van der Waals surface area contributed by atoms with Gasteiger partial charge in [-0.2, -0.15) is 0 Å². The lowest BCUT2D eigenvalue weighted by Crippen LogP contribution is -2.49. The number of benzene rings is 2. The fourth-order valence-corrected chi connectivity index (χ4v) is 3.93. The number of oxazole rings is 1. The molecule has 2 heterocycles. The first kappa shape index (κ1) is 21.1. The topological polar surface area (TPSA) is 58.8 Å². The number of ether oxygens (including phenoxy) is 1. The van der Waals surface area contributed by atoms with Crippen molar-refractivity contribution in [2.45, 2.75) is 25.8 Å². The summed E-state index contributed by atoms with van der Waals surface area (Å²) in [6, 6.07) is 18.0. The second kappa shape index (κ2) is 9.79. The first-order valence-electron chi connectivity index (χ1n) is 10.8. The summed E-state index contributed by atoms with van der Waals surface area (Å²) >= 11 is 0. The van der Waals surface area contributed by atoms with Crippen LogP contribution in [-0.4, -0.2) is 54.0 Å². The van der Waals surface area contributed by atoms with Crippen molar-refractivity contribution < 1.29 is 13.9 Å². The minimum Gasteiger partial charge on any atom is -0.497 e. The third-order valence-corrected chi connectivity index (χ3v) is 5.94. The molecule has 1 saturated heterocycles. The summed E-state index contributed by atoms with van der Waals surface area (Å²) in [5, 5.41) is 0. The first-order valence-corrected chi connectivity index (χ1v) is 10.8. The van der Waals surface area contributed by atoms with Crippen LogP contribution in [0.3, 0.4) is 0 Å². The molecule has 0 spiro atoms. The lowest BCUT2D eigenvalue weighted by molar-refractivity contribution is -0.133. The van der Waals surface area contributed by atoms with Crippen molar-refractivity contribution in [1.82, 2.24) is 14.8 Å². The van der Waals surface area contributed by atoms with Gasteiger partial charge in [0.2, 0.25) is 11.8 Å². The molecule has 6 heteroatoms. The molecule has 1 aliphatic heterocycles. The van der Waals surface area contributed by atoms with Gasteiger partial charge in [-0.15, -0.1) is 0 Å². The van der Waals surface area contributed by atoms with E-state index < -0.39 is 0 Å². The Morgan fingerprint density at radius 1 is 1.06 bits per heavy atom. The van der Waals surface area contributed by atoms with Crippen molar-refractivity contribution in [2.75, 3.05) is 33.3 Å². The van der Waals surface area contributed by atoms with Gasteiger partial charge in [0.15, 0.2) is 5.76 Å². The van der Waals surface area contributed by atoms with E-state index in [2.05, 4.69) is 16.8 Å². The van der Waals surface area contributed by atoms with E-state index in [1.165, 1.54) is 0 Å². The van der Waals surface area contributed by atoms with E-state index in [4.69, 9.17) is 9.15 Å². The van der Waals surface area contributed by atoms with Crippen LogP contribution in [0.2, 0.25) is 0 Å². The normalized spacial score (nSPS) is 15.6. The Morgan fingerprint density at radius 2 is 1.77 bits per heavy atom. The number of amides is 1. The number of carbonyl (C=O) groups excluding carboxylic acids is 1. The Balaban J connectivity index is 1.27. The molecule has 1 amide bonds. The highest BCUT2D eigenvalue weighted by Gasteiger charge is 2.27. The van der Waals surface area contributed by atoms with Gasteiger partial charge in [-0.25, -0.2) is 4.98 Å². The summed E-state index contributed by atoms with van der Waals surface area (Å²) in [5.41, 5.74) is 2.18. The summed E-state index contributed by atoms with van der Waals surface area (Å²) in [5.74, 6) is 2.56. The third-order valence-electron chi connectivity index (χ3n) is 5.94. The third kappa shape index (κ3) is 5.14. The Bertz CT molecular complexity index is 977. The van der Waals surface area contributed by atoms with Crippen LogP contribution in [0.1, 0.15) is 30.8 Å². The quantitative estimate of drug-likeness (QED) is 0.575. The molecule has 6 nitrogen and oxygen atoms in total. The number of hydrogen-bond donors (Lipinski definition) is 0. The molecule has 2 aromatic carbocycles. The minimum atomic E-state index is 0.0778. The Labute approximate surface area is 183 Å². The van der Waals surface area contributed by atoms with E-state index in [-0.39, 0.29) is 11.9 Å². The maximum Gasteiger partial charge on any atom is 0.222 e. The summed E-state index contributed by atoms with van der Waals surface area (Å²) in [6.45, 7) is 5.22. The van der Waals surface area contributed by atoms with E-state index in [1.807, 2.05) is 59.5 Å². The molecule has 3 aromatic rings. The maximum absolute atomic E-state index is 12.7. The Morgan fingerprint density at radius 3 is 2.45 bits per heavy atom. The SMILES string of the molecule is COc1ccc(CCC(=O)N2CCN(C(C)c3ncc(-c4ccccc4)o3)CC2)cc1. The highest BCUT2D eigenvalue weighted by molar-refractivity contribution is 5.76. The van der Waals surface area contributed by atoms with Crippen molar-refractivity contribution >= 4 is 5.91 Å². The van der Waals surface area contributed by atoms with Gasteiger partial charge in [-0.05, 0) is 31.0 Å². The van der Waals surface area contributed by atoms with Gasteiger partial charge in [0.05, 0.1) is 19.3 Å². The molecule has 0 saturated carbocycles. The number of aromatic nitrogens is 1. The number of aryl methyl sites for hydroxylation is 1. The van der Waals surface area contributed by atoms with Gasteiger partial charge in [0, 0.05) is 38.2 Å². The van der Waals surface area contributed by atoms with Crippen LogP contribution in [-0.2, 0) is 11.2 Å². The molecule has 0 aliphatic carbocycles. The lowest BCUT2D eigenvalue weighted by atomic mass is 10.1. The number of nitrogens with zero attached hydrogens (tertiary/aromatic N) is 3. The highest BCUT2D eigenvalue weighted by Crippen LogP contribution is 2.26. The number of piperazine rings is 1. The summed E-state index contributed by atoms with van der Waals surface area (Å²) in [6.07, 6.45) is 3.07. The molecule has 1 aliphatic rings. The highest BCUT2D eigenvalue weighted by atomic mass is 16.5. The zero-order valence-corrected chi connectivity index (χ0v) is 18.2. The van der Waals surface area contributed by atoms with Gasteiger partial charge >= 0.3 is 0 Å². The van der Waals surface area contributed by atoms with E-state index in [0.717, 1.165) is 61.1 Å². The molecule has 1 aromatic heterocycles. The van der Waals surface area contributed by atoms with Crippen molar-refractivity contribution in [2.24, 2.45) is 0 Å². The molecule has 1 atom stereocenters. The van der Waals surface area contributed by atoms with E-state index >= 15 is 0 Å². The standard InChI is InChI=1S/C25H29N3O3/c1-19(25-26-18-23(31-25)21-6-4-3-5-7-21)27-14-16-28(17-15-27)24(29)13-10-20-8-11-22(30-2)12-9-20/h3-9,11-12,18-19H,10,13-17H2,1-2H3. The van der Waals surface area contributed by atoms with Crippen molar-refractivity contribution in [3.63, 3.8) is 0 Å². The van der Waals surface area contributed by atoms with Crippen LogP contribution in [0.5, 0.6) is 5.75 Å². The van der Waals surface area contributed by atoms with Crippen LogP contribution >= 0.6 is 0 Å². The molecule has 0 N–H and O–H groups in total. The summed E-state index contributed by atoms with van der Waals surface area (Å²) in [7, 11) is 1.66. The first-order chi connectivity index (χ1) is 15.1. The van der Waals surface area contributed by atoms with Crippen LogP contribution in [0, 0.1) is 0 Å². The van der Waals surface area contributed by atoms with Crippen LogP contribution in [0.15, 0.2) is 65.2 Å². The van der Waals surface area contributed by atoms with Crippen molar-refractivity contribution in [3.8, 4) is 17.1 Å². The van der Waals surface area contributed by atoms with E-state index in [1.54, 1.807) is 13.3 Å². The average Bonchev–Trinajstić information content (AvgIpc) is 3.33. The molecule has 31 heavy (non-hydrogen) atoms. The predicted octanol–water partition coefficient (Wildman–Crippen LogP) is 4.19. The fraction of sp³-hybridized carbons (Fsp3) is 0.360. The predicted molar refractivity (Wildman–Crippen MR) is 120 cm³/mol. The summed E-state index contributed by atoms with van der Waals surface area (Å²) in [4.78, 5) is 21.4. The number of methoxy groups -OCH3 is 1. The van der Waals surface area contributed by atoms with Gasteiger partial charge in [-0.1, -0.05) is 42.5 Å². The second-order valence-corrected chi connectivity index (χ2v) is 7.87. The number of carbonyl (C=O) groups is 1. The van der Waals surface area contributed by atoms with Gasteiger partial charge in [-0.3, -0.25) is 9.69 Å². The molecule has 0 bridgehead atoms. The summed E-state index contributed by atoms with van der Waals surface area (Å²) < 4.78 is 11.2. The zero-order valence-electron chi connectivity index (χ0n) is 18.2. The smallest absolute Gasteiger partial charge is 0.222 e. The molecule has 4 rings (SSSR count). The molecule has 162 valence electrons. The largest absolute Gasteiger partial charge is 0.497 e. The zero-order chi connectivity index (χ0) is 21.6. The second-order valence-electron chi connectivity index (χ2n) is 7.87. The Hall–Kier alpha value is -3.12. The monoisotopic (exact) mass is 419 g/mol. The minimum absolute atomic E-state index is 0.0778. The molecule has 0 radical (unpaired) electrons. The Kier molecular flexibility index (Phi) is 6.67. The molecular weight excluding hydrogens is 390 g/mol. The van der Waals surface area contributed by atoms with Gasteiger partial charge < -0.3 is 14.1 Å². The van der Waals surface area contributed by atoms with Crippen molar-refractivity contribution in [3.05, 3.63) is 72.2 Å². The molecule has 1 fully saturated rings. The molecule has 1 unspecified atom stereocenters. The maximum atomic E-state index is 12.7. The van der Waals surface area contributed by atoms with Gasteiger partial charge in [0.25, 0.3) is 0 Å². The molecular formula is C25H29N3O3.